The summed E-state index contributed by atoms with van der Waals surface area (Å²) in [6, 6.07) is 4.40. The van der Waals surface area contributed by atoms with Crippen LogP contribution in [0.2, 0.25) is 0 Å². The predicted octanol–water partition coefficient (Wildman–Crippen LogP) is 3.85. The minimum absolute atomic E-state index is 0.254. The van der Waals surface area contributed by atoms with E-state index in [-0.39, 0.29) is 5.56 Å². The second-order valence-electron chi connectivity index (χ2n) is 4.96. The Kier molecular flexibility index (Phi) is 4.34. The molecular formula is C14H18F3NO. The summed E-state index contributed by atoms with van der Waals surface area (Å²) in [7, 11) is 0. The first-order valence-electron chi connectivity index (χ1n) is 6.46. The molecule has 1 aromatic rings. The SMILES string of the molecule is Cc1ccc(NCC2CCOCC2)cc1C(F)(F)F. The first kappa shape index (κ1) is 14.2. The summed E-state index contributed by atoms with van der Waals surface area (Å²) >= 11 is 0. The Morgan fingerprint density at radius 1 is 1.26 bits per heavy atom. The first-order valence-corrected chi connectivity index (χ1v) is 6.46. The highest BCUT2D eigenvalue weighted by Gasteiger charge is 2.32. The molecule has 0 unspecified atom stereocenters. The standard InChI is InChI=1S/C14H18F3NO/c1-10-2-3-12(8-13(10)14(15,16)17)18-9-11-4-6-19-7-5-11/h2-3,8,11,18H,4-7,9H2,1H3. The quantitative estimate of drug-likeness (QED) is 0.903. The summed E-state index contributed by atoms with van der Waals surface area (Å²) in [6.07, 6.45) is -2.36. The van der Waals surface area contributed by atoms with Crippen LogP contribution >= 0.6 is 0 Å². The summed E-state index contributed by atoms with van der Waals surface area (Å²) in [5, 5.41) is 3.10. The molecule has 19 heavy (non-hydrogen) atoms. The predicted molar refractivity (Wildman–Crippen MR) is 68.2 cm³/mol. The number of aryl methyl sites for hydroxylation is 1. The fraction of sp³-hybridized carbons (Fsp3) is 0.571. The molecule has 0 radical (unpaired) electrons. The first-order chi connectivity index (χ1) is 8.97. The zero-order valence-electron chi connectivity index (χ0n) is 10.9. The van der Waals surface area contributed by atoms with Gasteiger partial charge >= 0.3 is 6.18 Å². The fourth-order valence-corrected chi connectivity index (χ4v) is 2.25. The summed E-state index contributed by atoms with van der Waals surface area (Å²) < 4.78 is 43.6. The number of nitrogens with one attached hydrogen (secondary N) is 1. The molecule has 0 saturated carbocycles. The van der Waals surface area contributed by atoms with E-state index < -0.39 is 11.7 Å². The lowest BCUT2D eigenvalue weighted by molar-refractivity contribution is -0.138. The van der Waals surface area contributed by atoms with Crippen LogP contribution in [0.5, 0.6) is 0 Å². The molecule has 0 atom stereocenters. The second kappa shape index (κ2) is 5.82. The molecule has 0 amide bonds. The van der Waals surface area contributed by atoms with Gasteiger partial charge in [-0.15, -0.1) is 0 Å². The minimum Gasteiger partial charge on any atom is -0.385 e. The summed E-state index contributed by atoms with van der Waals surface area (Å²) in [5.74, 6) is 0.476. The molecule has 106 valence electrons. The van der Waals surface area contributed by atoms with Gasteiger partial charge in [0.2, 0.25) is 0 Å². The Morgan fingerprint density at radius 3 is 2.58 bits per heavy atom. The molecule has 1 saturated heterocycles. The lowest BCUT2D eigenvalue weighted by atomic mass is 10.00. The van der Waals surface area contributed by atoms with E-state index in [1.54, 1.807) is 6.07 Å². The van der Waals surface area contributed by atoms with E-state index in [2.05, 4.69) is 5.32 Å². The van der Waals surface area contributed by atoms with Crippen molar-refractivity contribution in [3.05, 3.63) is 29.3 Å². The summed E-state index contributed by atoms with van der Waals surface area (Å²) in [5.41, 5.74) is 0.220. The second-order valence-corrected chi connectivity index (χ2v) is 4.96. The Balaban J connectivity index is 2.00. The van der Waals surface area contributed by atoms with Gasteiger partial charge < -0.3 is 10.1 Å². The molecule has 2 rings (SSSR count). The van der Waals surface area contributed by atoms with Crippen molar-refractivity contribution in [2.24, 2.45) is 5.92 Å². The van der Waals surface area contributed by atoms with Gasteiger partial charge in [0.25, 0.3) is 0 Å². The Bertz CT molecular complexity index is 425. The van der Waals surface area contributed by atoms with Gasteiger partial charge in [-0.05, 0) is 43.4 Å². The zero-order valence-corrected chi connectivity index (χ0v) is 10.9. The molecule has 0 spiro atoms. The van der Waals surface area contributed by atoms with Gasteiger partial charge in [-0.3, -0.25) is 0 Å². The van der Waals surface area contributed by atoms with E-state index >= 15 is 0 Å². The molecule has 1 aliphatic rings. The lowest BCUT2D eigenvalue weighted by Gasteiger charge is -2.23. The molecule has 0 aromatic heterocycles. The van der Waals surface area contributed by atoms with Crippen LogP contribution in [0.4, 0.5) is 18.9 Å². The van der Waals surface area contributed by atoms with Crippen LogP contribution in [0.1, 0.15) is 24.0 Å². The maximum atomic E-state index is 12.8. The number of anilines is 1. The number of rotatable bonds is 3. The van der Waals surface area contributed by atoms with Crippen molar-refractivity contribution in [3.63, 3.8) is 0 Å². The Labute approximate surface area is 111 Å². The third kappa shape index (κ3) is 3.86. The average molecular weight is 273 g/mol. The smallest absolute Gasteiger partial charge is 0.385 e. The zero-order chi connectivity index (χ0) is 13.9. The maximum absolute atomic E-state index is 12.8. The molecule has 1 heterocycles. The van der Waals surface area contributed by atoms with E-state index in [1.807, 2.05) is 0 Å². The molecule has 0 aliphatic carbocycles. The normalized spacial score (nSPS) is 17.5. The van der Waals surface area contributed by atoms with Crippen LogP contribution in [-0.2, 0) is 10.9 Å². The van der Waals surface area contributed by atoms with E-state index in [0.29, 0.717) is 18.2 Å². The third-order valence-corrected chi connectivity index (χ3v) is 3.48. The largest absolute Gasteiger partial charge is 0.416 e. The van der Waals surface area contributed by atoms with Gasteiger partial charge in [-0.25, -0.2) is 0 Å². The number of halogens is 3. The Hall–Kier alpha value is -1.23. The maximum Gasteiger partial charge on any atom is 0.416 e. The van der Waals surface area contributed by atoms with Crippen LogP contribution in [0.25, 0.3) is 0 Å². The summed E-state index contributed by atoms with van der Waals surface area (Å²) in [4.78, 5) is 0. The van der Waals surface area contributed by atoms with Crippen molar-refractivity contribution in [2.75, 3.05) is 25.1 Å². The fourth-order valence-electron chi connectivity index (χ4n) is 2.25. The molecule has 1 aliphatic heterocycles. The van der Waals surface area contributed by atoms with Crippen molar-refractivity contribution in [2.45, 2.75) is 25.9 Å². The highest BCUT2D eigenvalue weighted by molar-refractivity contribution is 5.49. The number of hydrogen-bond acceptors (Lipinski definition) is 2. The van der Waals surface area contributed by atoms with Crippen LogP contribution in [0.3, 0.4) is 0 Å². The average Bonchev–Trinajstić information content (AvgIpc) is 2.37. The molecule has 1 aromatic carbocycles. The molecular weight excluding hydrogens is 255 g/mol. The topological polar surface area (TPSA) is 21.3 Å². The van der Waals surface area contributed by atoms with Crippen molar-refractivity contribution in [3.8, 4) is 0 Å². The van der Waals surface area contributed by atoms with E-state index in [9.17, 15) is 13.2 Å². The van der Waals surface area contributed by atoms with Gasteiger partial charge in [0.15, 0.2) is 0 Å². The van der Waals surface area contributed by atoms with Gasteiger partial charge in [0.1, 0.15) is 0 Å². The van der Waals surface area contributed by atoms with Gasteiger partial charge in [-0.1, -0.05) is 6.07 Å². The van der Waals surface area contributed by atoms with Gasteiger partial charge in [0, 0.05) is 25.4 Å². The van der Waals surface area contributed by atoms with E-state index in [0.717, 1.165) is 26.1 Å². The van der Waals surface area contributed by atoms with Crippen LogP contribution in [0, 0.1) is 12.8 Å². The van der Waals surface area contributed by atoms with Crippen molar-refractivity contribution in [1.29, 1.82) is 0 Å². The van der Waals surface area contributed by atoms with Crippen molar-refractivity contribution < 1.29 is 17.9 Å². The van der Waals surface area contributed by atoms with Crippen LogP contribution < -0.4 is 5.32 Å². The van der Waals surface area contributed by atoms with E-state index in [1.165, 1.54) is 19.1 Å². The van der Waals surface area contributed by atoms with Gasteiger partial charge in [0.05, 0.1) is 5.56 Å². The van der Waals surface area contributed by atoms with Crippen LogP contribution in [0.15, 0.2) is 18.2 Å². The van der Waals surface area contributed by atoms with Crippen LogP contribution in [-0.4, -0.2) is 19.8 Å². The lowest BCUT2D eigenvalue weighted by Crippen LogP contribution is -2.22. The highest BCUT2D eigenvalue weighted by atomic mass is 19.4. The molecule has 1 N–H and O–H groups in total. The van der Waals surface area contributed by atoms with Crippen molar-refractivity contribution >= 4 is 5.69 Å². The van der Waals surface area contributed by atoms with E-state index in [4.69, 9.17) is 4.74 Å². The van der Waals surface area contributed by atoms with Gasteiger partial charge in [-0.2, -0.15) is 13.2 Å². The summed E-state index contributed by atoms with van der Waals surface area (Å²) in [6.45, 7) is 3.66. The molecule has 5 heteroatoms. The number of benzene rings is 1. The monoisotopic (exact) mass is 273 g/mol. The molecule has 1 fully saturated rings. The highest BCUT2D eigenvalue weighted by Crippen LogP contribution is 2.33. The van der Waals surface area contributed by atoms with Crippen molar-refractivity contribution in [1.82, 2.24) is 0 Å². The number of ether oxygens (including phenoxy) is 1. The molecule has 0 bridgehead atoms. The Morgan fingerprint density at radius 2 is 1.95 bits per heavy atom. The number of alkyl halides is 3. The minimum atomic E-state index is -4.29. The third-order valence-electron chi connectivity index (χ3n) is 3.48. The molecule has 2 nitrogen and oxygen atoms in total. The number of hydrogen-bond donors (Lipinski definition) is 1.